The second-order valence-electron chi connectivity index (χ2n) is 3.91. The molecule has 0 fully saturated rings. The molecule has 108 valence electrons. The van der Waals surface area contributed by atoms with E-state index in [1.807, 2.05) is 0 Å². The minimum absolute atomic E-state index is 0. The molecule has 20 heavy (non-hydrogen) atoms. The largest absolute Gasteiger partial charge is 0.456 e. The summed E-state index contributed by atoms with van der Waals surface area (Å²) in [6.45, 7) is 0.199. The molecule has 0 aromatic heterocycles. The van der Waals surface area contributed by atoms with Crippen LogP contribution in [0.25, 0.3) is 0 Å². The molecule has 0 spiro atoms. The third-order valence-electron chi connectivity index (χ3n) is 2.60. The summed E-state index contributed by atoms with van der Waals surface area (Å²) in [5, 5.41) is 0. The van der Waals surface area contributed by atoms with E-state index in [4.69, 9.17) is 10.5 Å². The molecule has 6 heteroatoms. The maximum Gasteiger partial charge on any atom is 0.419 e. The lowest BCUT2D eigenvalue weighted by molar-refractivity contribution is -0.138. The lowest BCUT2D eigenvalue weighted by Crippen LogP contribution is -2.07. The van der Waals surface area contributed by atoms with Crippen LogP contribution in [-0.2, 0) is 12.7 Å². The van der Waals surface area contributed by atoms with Crippen molar-refractivity contribution in [3.8, 4) is 11.5 Å². The van der Waals surface area contributed by atoms with Crippen LogP contribution in [0.3, 0.4) is 0 Å². The van der Waals surface area contributed by atoms with E-state index in [1.54, 1.807) is 24.3 Å². The summed E-state index contributed by atoms with van der Waals surface area (Å²) in [5.41, 5.74) is 5.37. The molecule has 0 radical (unpaired) electrons. The van der Waals surface area contributed by atoms with Gasteiger partial charge in [-0.1, -0.05) is 30.3 Å². The summed E-state index contributed by atoms with van der Waals surface area (Å²) in [6.07, 6.45) is -4.45. The molecule has 0 bridgehead atoms. The Morgan fingerprint density at radius 1 is 0.900 bits per heavy atom. The van der Waals surface area contributed by atoms with Crippen LogP contribution in [0.4, 0.5) is 13.2 Å². The van der Waals surface area contributed by atoms with E-state index in [1.165, 1.54) is 18.2 Å². The first-order valence-electron chi connectivity index (χ1n) is 5.64. The van der Waals surface area contributed by atoms with Crippen LogP contribution in [-0.4, -0.2) is 0 Å². The van der Waals surface area contributed by atoms with Gasteiger partial charge in [0.25, 0.3) is 0 Å². The fourth-order valence-electron chi connectivity index (χ4n) is 1.68. The summed E-state index contributed by atoms with van der Waals surface area (Å²) in [7, 11) is 0. The summed E-state index contributed by atoms with van der Waals surface area (Å²) in [4.78, 5) is 0. The van der Waals surface area contributed by atoms with E-state index in [-0.39, 0.29) is 24.7 Å². The highest BCUT2D eigenvalue weighted by Gasteiger charge is 2.34. The first-order valence-corrected chi connectivity index (χ1v) is 5.64. The SMILES string of the molecule is Cl.NCc1ccccc1Oc1ccccc1C(F)(F)F. The van der Waals surface area contributed by atoms with Gasteiger partial charge in [0.1, 0.15) is 11.5 Å². The van der Waals surface area contributed by atoms with Crippen molar-refractivity contribution in [2.24, 2.45) is 5.73 Å². The van der Waals surface area contributed by atoms with Gasteiger partial charge >= 0.3 is 6.18 Å². The van der Waals surface area contributed by atoms with Gasteiger partial charge in [-0.3, -0.25) is 0 Å². The highest BCUT2D eigenvalue weighted by molar-refractivity contribution is 5.85. The number of ether oxygens (including phenoxy) is 1. The highest BCUT2D eigenvalue weighted by Crippen LogP contribution is 2.38. The Balaban J connectivity index is 0.00000200. The average molecular weight is 304 g/mol. The van der Waals surface area contributed by atoms with E-state index in [9.17, 15) is 13.2 Å². The third-order valence-corrected chi connectivity index (χ3v) is 2.60. The molecule has 2 N–H and O–H groups in total. The highest BCUT2D eigenvalue weighted by atomic mass is 35.5. The van der Waals surface area contributed by atoms with Crippen molar-refractivity contribution in [3.63, 3.8) is 0 Å². The van der Waals surface area contributed by atoms with Crippen LogP contribution in [0.15, 0.2) is 48.5 Å². The molecule has 2 nitrogen and oxygen atoms in total. The molecule has 0 aliphatic carbocycles. The van der Waals surface area contributed by atoms with Crippen LogP contribution < -0.4 is 10.5 Å². The van der Waals surface area contributed by atoms with E-state index in [0.717, 1.165) is 6.07 Å². The van der Waals surface area contributed by atoms with Crippen LogP contribution in [0, 0.1) is 0 Å². The second-order valence-corrected chi connectivity index (χ2v) is 3.91. The summed E-state index contributed by atoms with van der Waals surface area (Å²) < 4.78 is 43.8. The normalized spacial score (nSPS) is 10.8. The van der Waals surface area contributed by atoms with E-state index in [0.29, 0.717) is 11.3 Å². The van der Waals surface area contributed by atoms with Gasteiger partial charge in [0.05, 0.1) is 5.56 Å². The Labute approximate surface area is 120 Å². The van der Waals surface area contributed by atoms with Crippen LogP contribution in [0.5, 0.6) is 11.5 Å². The molecule has 2 aromatic carbocycles. The van der Waals surface area contributed by atoms with Gasteiger partial charge in [0.15, 0.2) is 0 Å². The van der Waals surface area contributed by atoms with Crippen LogP contribution in [0.2, 0.25) is 0 Å². The molecule has 0 heterocycles. The third kappa shape index (κ3) is 3.65. The van der Waals surface area contributed by atoms with E-state index >= 15 is 0 Å². The molecule has 2 aromatic rings. The summed E-state index contributed by atoms with van der Waals surface area (Å²) in [6, 6.07) is 11.8. The van der Waals surface area contributed by atoms with Gasteiger partial charge in [-0.2, -0.15) is 13.2 Å². The number of benzene rings is 2. The fourth-order valence-corrected chi connectivity index (χ4v) is 1.68. The summed E-state index contributed by atoms with van der Waals surface area (Å²) in [5.74, 6) is 0.109. The molecule has 0 atom stereocenters. The quantitative estimate of drug-likeness (QED) is 0.913. The predicted octanol–water partition coefficient (Wildman–Crippen LogP) is 4.38. The minimum Gasteiger partial charge on any atom is -0.456 e. The topological polar surface area (TPSA) is 35.2 Å². The first kappa shape index (κ1) is 16.3. The Hall–Kier alpha value is -1.72. The molecule has 0 saturated heterocycles. The van der Waals surface area contributed by atoms with Gasteiger partial charge in [-0.25, -0.2) is 0 Å². The van der Waals surface area contributed by atoms with Crippen molar-refractivity contribution in [1.29, 1.82) is 0 Å². The Bertz CT molecular complexity index is 572. The number of nitrogens with two attached hydrogens (primary N) is 1. The lowest BCUT2D eigenvalue weighted by Gasteiger charge is -2.15. The zero-order valence-corrected chi connectivity index (χ0v) is 11.2. The smallest absolute Gasteiger partial charge is 0.419 e. The van der Waals surface area contributed by atoms with Crippen molar-refractivity contribution in [3.05, 3.63) is 59.7 Å². The van der Waals surface area contributed by atoms with E-state index in [2.05, 4.69) is 0 Å². The Morgan fingerprint density at radius 2 is 1.45 bits per heavy atom. The van der Waals surface area contributed by atoms with Gasteiger partial charge in [0.2, 0.25) is 0 Å². The monoisotopic (exact) mass is 303 g/mol. The van der Waals surface area contributed by atoms with E-state index < -0.39 is 11.7 Å². The standard InChI is InChI=1S/C14H12F3NO.ClH/c15-14(16,17)11-6-2-4-8-13(11)19-12-7-3-1-5-10(12)9-18;/h1-8H,9,18H2;1H. The van der Waals surface area contributed by atoms with Gasteiger partial charge in [0, 0.05) is 12.1 Å². The van der Waals surface area contributed by atoms with Crippen molar-refractivity contribution in [2.75, 3.05) is 0 Å². The average Bonchev–Trinajstić information content (AvgIpc) is 2.39. The second kappa shape index (κ2) is 6.63. The number of hydrogen-bond donors (Lipinski definition) is 1. The number of halogens is 4. The summed E-state index contributed by atoms with van der Waals surface area (Å²) >= 11 is 0. The first-order chi connectivity index (χ1) is 9.02. The van der Waals surface area contributed by atoms with Crippen LogP contribution >= 0.6 is 12.4 Å². The molecule has 0 saturated carbocycles. The van der Waals surface area contributed by atoms with Crippen molar-refractivity contribution in [1.82, 2.24) is 0 Å². The van der Waals surface area contributed by atoms with Crippen LogP contribution in [0.1, 0.15) is 11.1 Å². The van der Waals surface area contributed by atoms with Gasteiger partial charge < -0.3 is 10.5 Å². The number of para-hydroxylation sites is 2. The Morgan fingerprint density at radius 3 is 2.05 bits per heavy atom. The fraction of sp³-hybridized carbons (Fsp3) is 0.143. The maximum absolute atomic E-state index is 12.8. The zero-order chi connectivity index (χ0) is 13.9. The lowest BCUT2D eigenvalue weighted by atomic mass is 10.1. The minimum atomic E-state index is -4.45. The number of alkyl halides is 3. The van der Waals surface area contributed by atoms with Gasteiger partial charge in [-0.05, 0) is 18.2 Å². The zero-order valence-electron chi connectivity index (χ0n) is 10.4. The van der Waals surface area contributed by atoms with Gasteiger partial charge in [-0.15, -0.1) is 12.4 Å². The van der Waals surface area contributed by atoms with Crippen molar-refractivity contribution in [2.45, 2.75) is 12.7 Å². The molecule has 2 rings (SSSR count). The molecular formula is C14H13ClF3NO. The molecule has 0 aliphatic heterocycles. The molecule has 0 unspecified atom stereocenters. The number of rotatable bonds is 3. The Kier molecular flexibility index (Phi) is 5.42. The molecule has 0 aliphatic rings. The predicted molar refractivity (Wildman–Crippen MR) is 73.1 cm³/mol. The molecule has 0 amide bonds. The van der Waals surface area contributed by atoms with Crippen molar-refractivity contribution >= 4 is 12.4 Å². The number of hydrogen-bond acceptors (Lipinski definition) is 2. The molecular weight excluding hydrogens is 291 g/mol. The van der Waals surface area contributed by atoms with Crippen molar-refractivity contribution < 1.29 is 17.9 Å². The maximum atomic E-state index is 12.8.